The van der Waals surface area contributed by atoms with Gasteiger partial charge in [-0.05, 0) is 33.3 Å². The number of hydrogen-bond acceptors (Lipinski definition) is 3. The molecule has 0 heterocycles. The molecular formula is C14H21F2NO3S. The Hall–Kier alpha value is -1.05. The van der Waals surface area contributed by atoms with Gasteiger partial charge < -0.3 is 4.74 Å². The molecule has 1 N–H and O–H groups in total. The van der Waals surface area contributed by atoms with Gasteiger partial charge in [-0.25, -0.2) is 21.9 Å². The Bertz CT molecular complexity index is 588. The normalized spacial score (nSPS) is 14.2. The van der Waals surface area contributed by atoms with E-state index in [1.165, 1.54) is 0 Å². The van der Waals surface area contributed by atoms with Crippen LogP contribution >= 0.6 is 0 Å². The van der Waals surface area contributed by atoms with Crippen molar-refractivity contribution in [3.8, 4) is 0 Å². The molecule has 0 aromatic heterocycles. The van der Waals surface area contributed by atoms with E-state index in [-0.39, 0.29) is 11.6 Å². The fourth-order valence-corrected chi connectivity index (χ4v) is 3.48. The molecule has 0 aliphatic carbocycles. The molecule has 1 atom stereocenters. The Kier molecular flexibility index (Phi) is 5.83. The van der Waals surface area contributed by atoms with Gasteiger partial charge in [0.15, 0.2) is 0 Å². The Morgan fingerprint density at radius 1 is 1.33 bits per heavy atom. The number of sulfonamides is 1. The van der Waals surface area contributed by atoms with Gasteiger partial charge in [0.1, 0.15) is 11.6 Å². The van der Waals surface area contributed by atoms with E-state index in [0.29, 0.717) is 12.5 Å². The summed E-state index contributed by atoms with van der Waals surface area (Å²) in [5.74, 6) is -2.14. The average Bonchev–Trinajstić information content (AvgIpc) is 2.31. The zero-order chi connectivity index (χ0) is 16.3. The molecule has 0 amide bonds. The second-order valence-electron chi connectivity index (χ2n) is 5.68. The minimum atomic E-state index is -3.72. The average molecular weight is 321 g/mol. The first-order valence-corrected chi connectivity index (χ1v) is 8.19. The van der Waals surface area contributed by atoms with Crippen LogP contribution in [0, 0.1) is 11.6 Å². The molecule has 21 heavy (non-hydrogen) atoms. The molecule has 4 nitrogen and oxygen atoms in total. The Morgan fingerprint density at radius 2 is 1.95 bits per heavy atom. The molecule has 0 fully saturated rings. The predicted molar refractivity (Wildman–Crippen MR) is 77.3 cm³/mol. The first kappa shape index (κ1) is 18.0. The standard InChI is InChI=1S/C14H21F2NO3S/c1-10(8-14(2,3)20-4)17-21(18,19)9-11-5-6-12(15)7-13(11)16/h5-7,10,17H,8-9H2,1-4H3/t10-/m0/s1. The molecule has 0 aliphatic rings. The van der Waals surface area contributed by atoms with Crippen molar-refractivity contribution in [1.82, 2.24) is 4.72 Å². The van der Waals surface area contributed by atoms with Crippen LogP contribution in [-0.4, -0.2) is 27.2 Å². The molecule has 120 valence electrons. The molecule has 1 aromatic rings. The van der Waals surface area contributed by atoms with E-state index in [4.69, 9.17) is 4.74 Å². The lowest BCUT2D eigenvalue weighted by atomic mass is 10.0. The summed E-state index contributed by atoms with van der Waals surface area (Å²) in [4.78, 5) is 0. The minimum Gasteiger partial charge on any atom is -0.379 e. The maximum Gasteiger partial charge on any atom is 0.216 e. The summed E-state index contributed by atoms with van der Waals surface area (Å²) in [5.41, 5.74) is -0.537. The smallest absolute Gasteiger partial charge is 0.216 e. The largest absolute Gasteiger partial charge is 0.379 e. The topological polar surface area (TPSA) is 55.4 Å². The van der Waals surface area contributed by atoms with Gasteiger partial charge in [-0.1, -0.05) is 6.07 Å². The van der Waals surface area contributed by atoms with Crippen LogP contribution in [0.3, 0.4) is 0 Å². The fraction of sp³-hybridized carbons (Fsp3) is 0.571. The number of methoxy groups -OCH3 is 1. The summed E-state index contributed by atoms with van der Waals surface area (Å²) in [7, 11) is -2.17. The lowest BCUT2D eigenvalue weighted by Gasteiger charge is -2.26. The molecule has 0 aliphatic heterocycles. The van der Waals surface area contributed by atoms with E-state index in [1.54, 1.807) is 14.0 Å². The van der Waals surface area contributed by atoms with Crippen LogP contribution in [0.5, 0.6) is 0 Å². The van der Waals surface area contributed by atoms with Crippen LogP contribution < -0.4 is 4.72 Å². The lowest BCUT2D eigenvalue weighted by Crippen LogP contribution is -2.39. The molecule has 0 unspecified atom stereocenters. The molecule has 0 spiro atoms. The van der Waals surface area contributed by atoms with Gasteiger partial charge in [-0.15, -0.1) is 0 Å². The second kappa shape index (κ2) is 6.81. The summed E-state index contributed by atoms with van der Waals surface area (Å²) in [6, 6.07) is 2.47. The van der Waals surface area contributed by atoms with Crippen molar-refractivity contribution in [3.05, 3.63) is 35.4 Å². The monoisotopic (exact) mass is 321 g/mol. The molecule has 0 saturated heterocycles. The quantitative estimate of drug-likeness (QED) is 0.840. The van der Waals surface area contributed by atoms with Gasteiger partial charge in [0, 0.05) is 24.8 Å². The van der Waals surface area contributed by atoms with E-state index >= 15 is 0 Å². The van der Waals surface area contributed by atoms with Gasteiger partial charge in [0.2, 0.25) is 10.0 Å². The van der Waals surface area contributed by atoms with Gasteiger partial charge in [0.05, 0.1) is 11.4 Å². The van der Waals surface area contributed by atoms with E-state index in [0.717, 1.165) is 12.1 Å². The van der Waals surface area contributed by atoms with Gasteiger partial charge in [0.25, 0.3) is 0 Å². The number of nitrogens with one attached hydrogen (secondary N) is 1. The number of hydrogen-bond donors (Lipinski definition) is 1. The van der Waals surface area contributed by atoms with Crippen molar-refractivity contribution >= 4 is 10.0 Å². The van der Waals surface area contributed by atoms with Crippen molar-refractivity contribution in [2.45, 2.75) is 44.6 Å². The predicted octanol–water partition coefficient (Wildman–Crippen LogP) is 2.59. The van der Waals surface area contributed by atoms with Crippen molar-refractivity contribution < 1.29 is 21.9 Å². The maximum absolute atomic E-state index is 13.5. The van der Waals surface area contributed by atoms with Crippen LogP contribution in [0.1, 0.15) is 32.8 Å². The lowest BCUT2D eigenvalue weighted by molar-refractivity contribution is 0.0103. The zero-order valence-electron chi connectivity index (χ0n) is 12.6. The van der Waals surface area contributed by atoms with Crippen LogP contribution in [0.25, 0.3) is 0 Å². The molecule has 0 saturated carbocycles. The Labute approximate surface area is 124 Å². The first-order valence-electron chi connectivity index (χ1n) is 6.54. The molecule has 0 radical (unpaired) electrons. The molecule has 1 aromatic carbocycles. The fourth-order valence-electron chi connectivity index (χ4n) is 2.05. The number of halogens is 2. The van der Waals surface area contributed by atoms with Gasteiger partial charge >= 0.3 is 0 Å². The van der Waals surface area contributed by atoms with Crippen LogP contribution in [-0.2, 0) is 20.5 Å². The molecule has 1 rings (SSSR count). The molecule has 0 bridgehead atoms. The third kappa shape index (κ3) is 6.07. The van der Waals surface area contributed by atoms with Crippen molar-refractivity contribution in [2.75, 3.05) is 7.11 Å². The first-order chi connectivity index (χ1) is 9.54. The van der Waals surface area contributed by atoms with Crippen molar-refractivity contribution in [1.29, 1.82) is 0 Å². The second-order valence-corrected chi connectivity index (χ2v) is 7.44. The van der Waals surface area contributed by atoms with Crippen molar-refractivity contribution in [2.24, 2.45) is 0 Å². The zero-order valence-corrected chi connectivity index (χ0v) is 13.4. The summed E-state index contributed by atoms with van der Waals surface area (Å²) in [5, 5.41) is 0. The van der Waals surface area contributed by atoms with Gasteiger partial charge in [-0.3, -0.25) is 0 Å². The van der Waals surface area contributed by atoms with Gasteiger partial charge in [-0.2, -0.15) is 0 Å². The highest BCUT2D eigenvalue weighted by molar-refractivity contribution is 7.88. The number of ether oxygens (including phenoxy) is 1. The van der Waals surface area contributed by atoms with E-state index < -0.39 is 33.0 Å². The van der Waals surface area contributed by atoms with Crippen molar-refractivity contribution in [3.63, 3.8) is 0 Å². The highest BCUT2D eigenvalue weighted by Crippen LogP contribution is 2.17. The maximum atomic E-state index is 13.5. The number of rotatable bonds is 7. The highest BCUT2D eigenvalue weighted by atomic mass is 32.2. The summed E-state index contributed by atoms with van der Waals surface area (Å²) in [6.07, 6.45) is 0.467. The van der Waals surface area contributed by atoms with E-state index in [9.17, 15) is 17.2 Å². The van der Waals surface area contributed by atoms with Crippen LogP contribution in [0.4, 0.5) is 8.78 Å². The van der Waals surface area contributed by atoms with E-state index in [2.05, 4.69) is 4.72 Å². The minimum absolute atomic E-state index is 0.0675. The molecular weight excluding hydrogens is 300 g/mol. The van der Waals surface area contributed by atoms with E-state index in [1.807, 2.05) is 13.8 Å². The SMILES string of the molecule is COC(C)(C)C[C@H](C)NS(=O)(=O)Cc1ccc(F)cc1F. The summed E-state index contributed by atoms with van der Waals surface area (Å²) < 4.78 is 58.0. The summed E-state index contributed by atoms with van der Waals surface area (Å²) >= 11 is 0. The third-order valence-electron chi connectivity index (χ3n) is 3.09. The van der Waals surface area contributed by atoms with Crippen LogP contribution in [0.2, 0.25) is 0 Å². The highest BCUT2D eigenvalue weighted by Gasteiger charge is 2.24. The third-order valence-corrected chi connectivity index (χ3v) is 4.54. The Balaban J connectivity index is 2.74. The van der Waals surface area contributed by atoms with Crippen LogP contribution in [0.15, 0.2) is 18.2 Å². The molecule has 7 heteroatoms. The Morgan fingerprint density at radius 3 is 2.48 bits per heavy atom. The summed E-state index contributed by atoms with van der Waals surface area (Å²) in [6.45, 7) is 5.40. The number of benzene rings is 1.